The Morgan fingerprint density at radius 2 is 2.00 bits per heavy atom. The van der Waals surface area contributed by atoms with E-state index in [4.69, 9.17) is 9.47 Å². The Hall–Kier alpha value is -1.43. The monoisotopic (exact) mass is 271 g/mol. The quantitative estimate of drug-likeness (QED) is 0.778. The summed E-state index contributed by atoms with van der Waals surface area (Å²) in [5.41, 5.74) is -0.705. The molecule has 0 N–H and O–H groups in total. The molecule has 1 atom stereocenters. The van der Waals surface area contributed by atoms with Gasteiger partial charge in [0, 0.05) is 13.5 Å². The molecule has 1 aliphatic heterocycles. The largest absolute Gasteiger partial charge is 0.443 e. The summed E-state index contributed by atoms with van der Waals surface area (Å²) in [4.78, 5) is 36.7. The molecule has 1 rings (SSSR count). The van der Waals surface area contributed by atoms with Crippen LogP contribution in [0.5, 0.6) is 0 Å². The highest BCUT2D eigenvalue weighted by atomic mass is 16.6. The third-order valence-electron chi connectivity index (χ3n) is 2.70. The highest BCUT2D eigenvalue weighted by molar-refractivity contribution is 5.99. The highest BCUT2D eigenvalue weighted by Gasteiger charge is 2.39. The first-order valence-corrected chi connectivity index (χ1v) is 6.33. The topological polar surface area (TPSA) is 72.9 Å². The maximum Gasteiger partial charge on any atom is 0.417 e. The van der Waals surface area contributed by atoms with Crippen LogP contribution in [0, 0.1) is 0 Å². The third-order valence-corrected chi connectivity index (χ3v) is 2.70. The Kier molecular flexibility index (Phi) is 5.05. The van der Waals surface area contributed by atoms with Gasteiger partial charge in [0.15, 0.2) is 5.78 Å². The molecule has 2 amide bonds. The molecule has 1 heterocycles. The number of ketones is 1. The highest BCUT2D eigenvalue weighted by Crippen LogP contribution is 2.22. The number of likely N-dealkylation sites (tertiary alicyclic amines) is 1. The zero-order chi connectivity index (χ0) is 14.6. The number of carbonyl (C=O) groups excluding carboxylic acids is 3. The number of carbonyl (C=O) groups is 3. The molecule has 1 saturated heterocycles. The summed E-state index contributed by atoms with van der Waals surface area (Å²) in [7, 11) is 1.40. The number of Topliss-reactive ketones (excluding diaryl/α,β-unsaturated/α-hetero) is 1. The number of piperidine rings is 1. The predicted octanol–water partition coefficient (Wildman–Crippen LogP) is 1.52. The molecular weight excluding hydrogens is 250 g/mol. The molecule has 0 radical (unpaired) electrons. The summed E-state index contributed by atoms with van der Waals surface area (Å²) in [6.45, 7) is 5.03. The maximum absolute atomic E-state index is 12.0. The fraction of sp³-hybridized carbons (Fsp3) is 0.769. The van der Waals surface area contributed by atoms with Gasteiger partial charge in [-0.3, -0.25) is 9.59 Å². The Balaban J connectivity index is 2.86. The van der Waals surface area contributed by atoms with Crippen LogP contribution >= 0.6 is 0 Å². The van der Waals surface area contributed by atoms with Crippen molar-refractivity contribution in [1.82, 2.24) is 4.90 Å². The summed E-state index contributed by atoms with van der Waals surface area (Å²) >= 11 is 0. The molecule has 1 unspecified atom stereocenters. The minimum atomic E-state index is -0.768. The Morgan fingerprint density at radius 1 is 1.37 bits per heavy atom. The summed E-state index contributed by atoms with van der Waals surface area (Å²) in [6, 6.07) is -0.768. The normalized spacial score (nSPS) is 20.3. The summed E-state index contributed by atoms with van der Waals surface area (Å²) in [5, 5.41) is 0. The standard InChI is InChI=1S/C13H21NO5/c1-13(2,3)19-12(17)14-9(10(15)8-18-4)6-5-7-11(14)16/h9H,5-8H2,1-4H3. The van der Waals surface area contributed by atoms with Gasteiger partial charge in [0.25, 0.3) is 0 Å². The van der Waals surface area contributed by atoms with Crippen LogP contribution in [0.2, 0.25) is 0 Å². The van der Waals surface area contributed by atoms with Crippen molar-refractivity contribution in [3.05, 3.63) is 0 Å². The molecule has 108 valence electrons. The van der Waals surface area contributed by atoms with E-state index in [0.717, 1.165) is 4.90 Å². The molecule has 6 heteroatoms. The number of ether oxygens (including phenoxy) is 2. The summed E-state index contributed by atoms with van der Waals surface area (Å²) in [5.74, 6) is -0.642. The lowest BCUT2D eigenvalue weighted by atomic mass is 9.98. The zero-order valence-electron chi connectivity index (χ0n) is 11.9. The molecule has 6 nitrogen and oxygen atoms in total. The van der Waals surface area contributed by atoms with Gasteiger partial charge in [0.1, 0.15) is 18.2 Å². The van der Waals surface area contributed by atoms with Crippen molar-refractivity contribution in [2.24, 2.45) is 0 Å². The summed E-state index contributed by atoms with van der Waals surface area (Å²) in [6.07, 6.45) is 0.563. The van der Waals surface area contributed by atoms with E-state index in [1.807, 2.05) is 0 Å². The van der Waals surface area contributed by atoms with Crippen molar-refractivity contribution in [3.63, 3.8) is 0 Å². The smallest absolute Gasteiger partial charge is 0.417 e. The van der Waals surface area contributed by atoms with Gasteiger partial charge in [-0.15, -0.1) is 0 Å². The first-order valence-electron chi connectivity index (χ1n) is 6.33. The molecular formula is C13H21NO5. The van der Waals surface area contributed by atoms with Crippen molar-refractivity contribution >= 4 is 17.8 Å². The fourth-order valence-electron chi connectivity index (χ4n) is 1.95. The molecule has 1 aliphatic rings. The number of rotatable bonds is 3. The maximum atomic E-state index is 12.0. The van der Waals surface area contributed by atoms with Gasteiger partial charge in [0.2, 0.25) is 5.91 Å². The van der Waals surface area contributed by atoms with Crippen LogP contribution in [0.4, 0.5) is 4.79 Å². The van der Waals surface area contributed by atoms with Gasteiger partial charge in [0.05, 0.1) is 0 Å². The van der Waals surface area contributed by atoms with Crippen molar-refractivity contribution in [2.75, 3.05) is 13.7 Å². The van der Waals surface area contributed by atoms with Crippen LogP contribution in [0.15, 0.2) is 0 Å². The molecule has 0 aromatic rings. The van der Waals surface area contributed by atoms with Crippen LogP contribution < -0.4 is 0 Å². The van der Waals surface area contributed by atoms with Crippen molar-refractivity contribution in [2.45, 2.75) is 51.7 Å². The number of hydrogen-bond acceptors (Lipinski definition) is 5. The molecule has 0 spiro atoms. The van der Waals surface area contributed by atoms with Crippen LogP contribution in [0.1, 0.15) is 40.0 Å². The number of methoxy groups -OCH3 is 1. The average molecular weight is 271 g/mol. The van der Waals surface area contributed by atoms with E-state index >= 15 is 0 Å². The van der Waals surface area contributed by atoms with E-state index in [1.165, 1.54) is 7.11 Å². The average Bonchev–Trinajstić information content (AvgIpc) is 2.26. The van der Waals surface area contributed by atoms with E-state index < -0.39 is 17.7 Å². The fourth-order valence-corrected chi connectivity index (χ4v) is 1.95. The van der Waals surface area contributed by atoms with Crippen molar-refractivity contribution in [3.8, 4) is 0 Å². The molecule has 1 fully saturated rings. The molecule has 0 aromatic carbocycles. The van der Waals surface area contributed by atoms with Gasteiger partial charge in [-0.2, -0.15) is 0 Å². The molecule has 19 heavy (non-hydrogen) atoms. The summed E-state index contributed by atoms with van der Waals surface area (Å²) < 4.78 is 9.96. The minimum absolute atomic E-state index is 0.114. The predicted molar refractivity (Wildman–Crippen MR) is 67.6 cm³/mol. The Labute approximate surface area is 113 Å². The van der Waals surface area contributed by atoms with Gasteiger partial charge in [-0.1, -0.05) is 0 Å². The Bertz CT molecular complexity index is 372. The van der Waals surface area contributed by atoms with Crippen molar-refractivity contribution in [1.29, 1.82) is 0 Å². The number of hydrogen-bond donors (Lipinski definition) is 0. The first-order chi connectivity index (χ1) is 8.76. The molecule has 0 saturated carbocycles. The van der Waals surface area contributed by atoms with E-state index in [0.29, 0.717) is 12.8 Å². The second-order valence-electron chi connectivity index (χ2n) is 5.55. The second kappa shape index (κ2) is 6.14. The molecule has 0 aliphatic carbocycles. The van der Waals surface area contributed by atoms with Gasteiger partial charge in [-0.05, 0) is 33.6 Å². The third kappa shape index (κ3) is 4.31. The van der Waals surface area contributed by atoms with Crippen LogP contribution in [-0.2, 0) is 19.1 Å². The SMILES string of the molecule is COCC(=O)C1CCCC(=O)N1C(=O)OC(C)(C)C. The van der Waals surface area contributed by atoms with E-state index in [2.05, 4.69) is 0 Å². The van der Waals surface area contributed by atoms with Crippen LogP contribution in [0.3, 0.4) is 0 Å². The van der Waals surface area contributed by atoms with Gasteiger partial charge >= 0.3 is 6.09 Å². The van der Waals surface area contributed by atoms with Crippen molar-refractivity contribution < 1.29 is 23.9 Å². The second-order valence-corrected chi connectivity index (χ2v) is 5.55. The van der Waals surface area contributed by atoms with E-state index in [1.54, 1.807) is 20.8 Å². The van der Waals surface area contributed by atoms with E-state index in [9.17, 15) is 14.4 Å². The van der Waals surface area contributed by atoms with Crippen LogP contribution in [0.25, 0.3) is 0 Å². The molecule has 0 aromatic heterocycles. The van der Waals surface area contributed by atoms with E-state index in [-0.39, 0.29) is 24.7 Å². The minimum Gasteiger partial charge on any atom is -0.443 e. The first kappa shape index (κ1) is 15.6. The van der Waals surface area contributed by atoms with Gasteiger partial charge < -0.3 is 9.47 Å². The molecule has 0 bridgehead atoms. The lowest BCUT2D eigenvalue weighted by Crippen LogP contribution is -2.53. The zero-order valence-corrected chi connectivity index (χ0v) is 11.9. The van der Waals surface area contributed by atoms with Crippen LogP contribution in [-0.4, -0.2) is 48.0 Å². The lowest BCUT2D eigenvalue weighted by molar-refractivity contribution is -0.143. The number of nitrogens with zero attached hydrogens (tertiary/aromatic N) is 1. The number of amides is 2. The number of imide groups is 1. The van der Waals surface area contributed by atoms with Gasteiger partial charge in [-0.25, -0.2) is 9.69 Å². The lowest BCUT2D eigenvalue weighted by Gasteiger charge is -2.34. The Morgan fingerprint density at radius 3 is 2.53 bits per heavy atom.